The zero-order valence-corrected chi connectivity index (χ0v) is 21.1. The molecular formula is C30H24ClN5. The van der Waals surface area contributed by atoms with Gasteiger partial charge in [-0.2, -0.15) is 0 Å². The molecule has 2 heterocycles. The molecule has 0 amide bonds. The Bertz CT molecular complexity index is 1710. The summed E-state index contributed by atoms with van der Waals surface area (Å²) in [6.45, 7) is 21.4. The lowest BCUT2D eigenvalue weighted by atomic mass is 9.93. The smallest absolute Gasteiger partial charge is 0.244 e. The predicted molar refractivity (Wildman–Crippen MR) is 145 cm³/mol. The van der Waals surface area contributed by atoms with Crippen molar-refractivity contribution in [2.45, 2.75) is 33.6 Å². The van der Waals surface area contributed by atoms with Gasteiger partial charge in [0.05, 0.1) is 6.57 Å². The summed E-state index contributed by atoms with van der Waals surface area (Å²) < 4.78 is 1.64. The van der Waals surface area contributed by atoms with Crippen molar-refractivity contribution in [1.82, 2.24) is 14.6 Å². The first-order valence-corrected chi connectivity index (χ1v) is 12.0. The van der Waals surface area contributed by atoms with E-state index in [1.165, 1.54) is 33.4 Å². The van der Waals surface area contributed by atoms with Crippen molar-refractivity contribution in [3.05, 3.63) is 127 Å². The molecule has 0 saturated carbocycles. The number of aryl methyl sites for hydroxylation is 3. The second-order valence-corrected chi connectivity index (χ2v) is 9.56. The van der Waals surface area contributed by atoms with Crippen LogP contribution in [0.15, 0.2) is 60.7 Å². The summed E-state index contributed by atoms with van der Waals surface area (Å²) in [7, 11) is 0. The van der Waals surface area contributed by atoms with Gasteiger partial charge in [0.15, 0.2) is 0 Å². The largest absolute Gasteiger partial charge is 0.374 e. The normalized spacial score (nSPS) is 10.9. The monoisotopic (exact) mass is 489 g/mol. The number of benzene rings is 3. The Balaban J connectivity index is 1.49. The molecule has 176 valence electrons. The van der Waals surface area contributed by atoms with Crippen molar-refractivity contribution >= 4 is 28.8 Å². The van der Waals surface area contributed by atoms with Crippen molar-refractivity contribution < 1.29 is 0 Å². The maximum atomic E-state index is 7.58. The van der Waals surface area contributed by atoms with Crippen LogP contribution in [0.3, 0.4) is 0 Å². The second kappa shape index (κ2) is 9.38. The van der Waals surface area contributed by atoms with E-state index in [4.69, 9.17) is 24.7 Å². The van der Waals surface area contributed by atoms with Gasteiger partial charge in [-0.1, -0.05) is 72.3 Å². The summed E-state index contributed by atoms with van der Waals surface area (Å²) in [6.07, 6.45) is 1.69. The van der Waals surface area contributed by atoms with Crippen LogP contribution in [0, 0.1) is 33.9 Å². The highest BCUT2D eigenvalue weighted by Crippen LogP contribution is 2.42. The maximum absolute atomic E-state index is 7.58. The highest BCUT2D eigenvalue weighted by Gasteiger charge is 2.25. The first-order valence-electron chi connectivity index (χ1n) is 11.7. The molecule has 1 N–H and O–H groups in total. The van der Waals surface area contributed by atoms with Crippen molar-refractivity contribution in [2.24, 2.45) is 0 Å². The Kier molecular flexibility index (Phi) is 6.10. The van der Waals surface area contributed by atoms with E-state index in [1.54, 1.807) is 4.40 Å². The van der Waals surface area contributed by atoms with E-state index in [-0.39, 0.29) is 16.5 Å². The minimum atomic E-state index is 0.147. The SMILES string of the molecule is [C-]#[N+]c1c(Cl)c2[nH]nc(-c3cccc(Cc4cc(Cc5cc(C)ccc5C)ccc4C)c3)n2c1[N+]#[C-]. The minimum Gasteiger partial charge on any atom is -0.374 e. The molecule has 6 heteroatoms. The van der Waals surface area contributed by atoms with Crippen LogP contribution < -0.4 is 0 Å². The van der Waals surface area contributed by atoms with Gasteiger partial charge in [-0.05, 0) is 79.1 Å². The first kappa shape index (κ1) is 23.4. The number of H-pyrrole nitrogens is 1. The second-order valence-electron chi connectivity index (χ2n) is 9.19. The molecule has 0 radical (unpaired) electrons. The van der Waals surface area contributed by atoms with Gasteiger partial charge in [0.1, 0.15) is 5.02 Å². The average Bonchev–Trinajstić information content (AvgIpc) is 3.42. The van der Waals surface area contributed by atoms with Gasteiger partial charge in [-0.25, -0.2) is 14.3 Å². The number of aromatic nitrogens is 3. The fourth-order valence-electron chi connectivity index (χ4n) is 4.65. The molecule has 0 aliphatic rings. The average molecular weight is 490 g/mol. The zero-order valence-electron chi connectivity index (χ0n) is 20.4. The van der Waals surface area contributed by atoms with E-state index >= 15 is 0 Å². The Morgan fingerprint density at radius 2 is 1.56 bits per heavy atom. The molecule has 0 bridgehead atoms. The molecule has 0 atom stereocenters. The molecule has 5 nitrogen and oxygen atoms in total. The third-order valence-corrected chi connectivity index (χ3v) is 7.01. The van der Waals surface area contributed by atoms with Gasteiger partial charge in [-0.3, -0.25) is 0 Å². The predicted octanol–water partition coefficient (Wildman–Crippen LogP) is 8.19. The number of nitrogens with one attached hydrogen (secondary N) is 1. The van der Waals surface area contributed by atoms with Gasteiger partial charge in [-0.15, -0.1) is 5.10 Å². The van der Waals surface area contributed by atoms with Crippen LogP contribution in [-0.4, -0.2) is 14.6 Å². The van der Waals surface area contributed by atoms with E-state index in [9.17, 15) is 0 Å². The van der Waals surface area contributed by atoms with Gasteiger partial charge in [0.25, 0.3) is 0 Å². The maximum Gasteiger partial charge on any atom is 0.244 e. The van der Waals surface area contributed by atoms with Crippen LogP contribution in [0.2, 0.25) is 5.02 Å². The van der Waals surface area contributed by atoms with Crippen molar-refractivity contribution in [2.75, 3.05) is 0 Å². The van der Waals surface area contributed by atoms with Crippen molar-refractivity contribution in [1.29, 1.82) is 0 Å². The molecule has 0 saturated heterocycles. The third-order valence-electron chi connectivity index (χ3n) is 6.65. The molecule has 0 spiro atoms. The summed E-state index contributed by atoms with van der Waals surface area (Å²) >= 11 is 6.34. The number of nitrogens with zero attached hydrogens (tertiary/aromatic N) is 4. The van der Waals surface area contributed by atoms with E-state index in [0.717, 1.165) is 24.0 Å². The summed E-state index contributed by atoms with van der Waals surface area (Å²) in [5.41, 5.74) is 10.4. The lowest BCUT2D eigenvalue weighted by molar-refractivity contribution is 1.09. The Labute approximate surface area is 215 Å². The molecule has 0 unspecified atom stereocenters. The molecule has 2 aromatic heterocycles. The van der Waals surface area contributed by atoms with Gasteiger partial charge < -0.3 is 4.85 Å². The van der Waals surface area contributed by atoms with Gasteiger partial charge in [0.2, 0.25) is 23.0 Å². The zero-order chi connectivity index (χ0) is 25.4. The van der Waals surface area contributed by atoms with Crippen LogP contribution in [-0.2, 0) is 12.8 Å². The molecule has 0 aliphatic heterocycles. The lowest BCUT2D eigenvalue weighted by Crippen LogP contribution is -1.98. The Morgan fingerprint density at radius 3 is 2.28 bits per heavy atom. The quantitative estimate of drug-likeness (QED) is 0.248. The van der Waals surface area contributed by atoms with E-state index in [0.29, 0.717) is 11.5 Å². The molecule has 0 fully saturated rings. The number of fused-ring (bicyclic) bond motifs is 1. The number of hydrogen-bond donors (Lipinski definition) is 1. The van der Waals surface area contributed by atoms with Gasteiger partial charge in [0, 0.05) is 5.56 Å². The minimum absolute atomic E-state index is 0.147. The lowest BCUT2D eigenvalue weighted by Gasteiger charge is -2.12. The van der Waals surface area contributed by atoms with Crippen LogP contribution in [0.4, 0.5) is 11.5 Å². The van der Waals surface area contributed by atoms with Crippen LogP contribution in [0.1, 0.15) is 38.9 Å². The molecule has 5 rings (SSSR count). The highest BCUT2D eigenvalue weighted by molar-refractivity contribution is 6.37. The summed E-state index contributed by atoms with van der Waals surface area (Å²) in [5.74, 6) is 0.740. The van der Waals surface area contributed by atoms with E-state index < -0.39 is 0 Å². The Hall–Kier alpha value is -4.32. The summed E-state index contributed by atoms with van der Waals surface area (Å²) in [6, 6.07) is 21.5. The Morgan fingerprint density at radius 1 is 0.861 bits per heavy atom. The summed E-state index contributed by atoms with van der Waals surface area (Å²) in [4.78, 5) is 7.01. The molecule has 0 aliphatic carbocycles. The molecule has 3 aromatic carbocycles. The van der Waals surface area contributed by atoms with Crippen molar-refractivity contribution in [3.63, 3.8) is 0 Å². The first-order chi connectivity index (χ1) is 17.4. The molecule has 36 heavy (non-hydrogen) atoms. The topological polar surface area (TPSA) is 41.8 Å². The number of aromatic amines is 1. The van der Waals surface area contributed by atoms with Crippen LogP contribution in [0.5, 0.6) is 0 Å². The number of hydrogen-bond acceptors (Lipinski definition) is 1. The molecular weight excluding hydrogens is 466 g/mol. The van der Waals surface area contributed by atoms with E-state index in [1.807, 2.05) is 12.1 Å². The fourth-order valence-corrected chi connectivity index (χ4v) is 4.91. The molecule has 5 aromatic rings. The van der Waals surface area contributed by atoms with Gasteiger partial charge >= 0.3 is 0 Å². The van der Waals surface area contributed by atoms with Crippen LogP contribution >= 0.6 is 11.6 Å². The standard InChI is InChI=1S/C30H24ClN5/c1-18-9-10-19(2)24(13-18)16-22-12-11-20(3)25(17-22)15-21-7-6-8-23(14-21)28-34-35-29-26(31)27(32-4)30(33-5)36(28)29/h6-14,17,35H,15-16H2,1-3H3. The number of halogens is 1. The van der Waals surface area contributed by atoms with Crippen LogP contribution in [0.25, 0.3) is 26.7 Å². The summed E-state index contributed by atoms with van der Waals surface area (Å²) in [5, 5.41) is 7.54. The van der Waals surface area contributed by atoms with E-state index in [2.05, 4.69) is 89.2 Å². The fraction of sp³-hybridized carbons (Fsp3) is 0.167. The third kappa shape index (κ3) is 4.15. The van der Waals surface area contributed by atoms with Crippen molar-refractivity contribution in [3.8, 4) is 11.4 Å². The number of rotatable bonds is 5. The highest BCUT2D eigenvalue weighted by atomic mass is 35.5.